The van der Waals surface area contributed by atoms with Crippen LogP contribution in [-0.2, 0) is 23.0 Å². The Morgan fingerprint density at radius 1 is 1.21 bits per heavy atom. The van der Waals surface area contributed by atoms with Crippen molar-refractivity contribution < 1.29 is 22.9 Å². The van der Waals surface area contributed by atoms with Gasteiger partial charge in [0, 0.05) is 26.1 Å². The van der Waals surface area contributed by atoms with Crippen LogP contribution in [-0.4, -0.2) is 52.2 Å². The van der Waals surface area contributed by atoms with Gasteiger partial charge in [0.1, 0.15) is 11.5 Å². The largest absolute Gasteiger partial charge is 0.365 e. The molecule has 3 rings (SSSR count). The lowest BCUT2D eigenvalue weighted by Crippen LogP contribution is -3.08. The van der Waals surface area contributed by atoms with Gasteiger partial charge in [-0.1, -0.05) is 0 Å². The summed E-state index contributed by atoms with van der Waals surface area (Å²) < 4.78 is 25.4. The zero-order valence-electron chi connectivity index (χ0n) is 15.9. The number of thiophene rings is 1. The van der Waals surface area contributed by atoms with Crippen LogP contribution in [0.1, 0.15) is 31.2 Å². The molecule has 1 atom stereocenters. The summed E-state index contributed by atoms with van der Waals surface area (Å²) in [4.78, 5) is 27.1. The molecule has 0 saturated carbocycles. The van der Waals surface area contributed by atoms with Crippen LogP contribution in [0.3, 0.4) is 0 Å². The Hall–Kier alpha value is -2.27. The van der Waals surface area contributed by atoms with Gasteiger partial charge >= 0.3 is 0 Å². The van der Waals surface area contributed by atoms with Gasteiger partial charge < -0.3 is 16.0 Å². The van der Waals surface area contributed by atoms with E-state index in [9.17, 15) is 18.0 Å². The van der Waals surface area contributed by atoms with Crippen LogP contribution in [0.5, 0.6) is 0 Å². The van der Waals surface area contributed by atoms with Crippen LogP contribution in [0.2, 0.25) is 0 Å². The highest BCUT2D eigenvalue weighted by atomic mass is 32.2. The number of sulfonamides is 1. The minimum absolute atomic E-state index is 0.101. The maximum Gasteiger partial charge on any atom is 0.256 e. The van der Waals surface area contributed by atoms with Gasteiger partial charge in [-0.3, -0.25) is 9.59 Å². The van der Waals surface area contributed by atoms with E-state index in [1.54, 1.807) is 0 Å². The lowest BCUT2D eigenvalue weighted by Gasteiger charge is -2.19. The average molecular weight is 424 g/mol. The molecule has 1 aliphatic rings. The first kappa shape index (κ1) is 20.5. The first-order valence-corrected chi connectivity index (χ1v) is 11.0. The van der Waals surface area contributed by atoms with Gasteiger partial charge in [-0.2, -0.15) is 0 Å². The van der Waals surface area contributed by atoms with E-state index < -0.39 is 21.8 Å². The first-order chi connectivity index (χ1) is 13.1. The lowest BCUT2D eigenvalue weighted by molar-refractivity contribution is -0.895. The number of likely N-dealkylation sites (N-methyl/N-ethyl adjacent to an activating group) is 1. The van der Waals surface area contributed by atoms with Gasteiger partial charge in [-0.25, -0.2) is 12.7 Å². The summed E-state index contributed by atoms with van der Waals surface area (Å²) in [6.45, 7) is 1.69. The van der Waals surface area contributed by atoms with Crippen molar-refractivity contribution in [2.45, 2.75) is 17.9 Å². The molecule has 4 N–H and O–H groups in total. The van der Waals surface area contributed by atoms with Crippen LogP contribution in [0.25, 0.3) is 0 Å². The van der Waals surface area contributed by atoms with E-state index in [-0.39, 0.29) is 4.90 Å². The molecule has 0 radical (unpaired) electrons. The number of nitrogens with two attached hydrogens (primary N) is 1. The third kappa shape index (κ3) is 3.81. The van der Waals surface area contributed by atoms with E-state index in [4.69, 9.17) is 5.73 Å². The van der Waals surface area contributed by atoms with Crippen LogP contribution in [0.4, 0.5) is 5.00 Å². The Bertz CT molecular complexity index is 1030. The highest BCUT2D eigenvalue weighted by Gasteiger charge is 2.28. The molecule has 150 valence electrons. The molecule has 1 aromatic heterocycles. The Balaban J connectivity index is 1.87. The topological polar surface area (TPSA) is 114 Å². The zero-order valence-corrected chi connectivity index (χ0v) is 17.5. The minimum atomic E-state index is -3.56. The predicted molar refractivity (Wildman–Crippen MR) is 107 cm³/mol. The summed E-state index contributed by atoms with van der Waals surface area (Å²) in [7, 11) is 1.40. The Labute approximate surface area is 168 Å². The number of nitrogens with zero attached hydrogens (tertiary/aromatic N) is 1. The molecular weight excluding hydrogens is 400 g/mol. The molecule has 0 spiro atoms. The number of rotatable bonds is 5. The van der Waals surface area contributed by atoms with E-state index in [1.807, 2.05) is 0 Å². The van der Waals surface area contributed by atoms with E-state index >= 15 is 0 Å². The molecule has 0 bridgehead atoms. The van der Waals surface area contributed by atoms with Gasteiger partial charge in [0.25, 0.3) is 11.8 Å². The fourth-order valence-corrected chi connectivity index (χ4v) is 5.40. The van der Waals surface area contributed by atoms with Crippen molar-refractivity contribution in [3.8, 4) is 0 Å². The molecule has 0 aliphatic carbocycles. The molecule has 1 unspecified atom stereocenters. The summed E-state index contributed by atoms with van der Waals surface area (Å²) in [5, 5.41) is 3.22. The third-order valence-electron chi connectivity index (χ3n) is 4.72. The number of carbonyl (C=O) groups is 2. The van der Waals surface area contributed by atoms with Gasteiger partial charge in [-0.15, -0.1) is 11.3 Å². The number of hydrogen-bond donors (Lipinski definition) is 3. The monoisotopic (exact) mass is 423 g/mol. The number of fused-ring (bicyclic) bond motifs is 1. The predicted octanol–water partition coefficient (Wildman–Crippen LogP) is -0.0796. The SMILES string of the molecule is CN(C)S(=O)(=O)c1ccc(C(=O)Nc2sc3c(c2C(N)=O)CC[NH+](C)C3)cc1. The minimum Gasteiger partial charge on any atom is -0.365 e. The zero-order chi connectivity index (χ0) is 20.6. The number of amides is 2. The van der Waals surface area contributed by atoms with Gasteiger partial charge in [0.2, 0.25) is 10.0 Å². The van der Waals surface area contributed by atoms with Gasteiger partial charge in [0.05, 0.1) is 28.9 Å². The van der Waals surface area contributed by atoms with Crippen LogP contribution in [0, 0.1) is 0 Å². The first-order valence-electron chi connectivity index (χ1n) is 8.71. The maximum absolute atomic E-state index is 12.6. The molecule has 2 aromatic rings. The standard InChI is InChI=1S/C18H22N4O4S2/c1-21(2)28(25,26)12-6-4-11(5-7-12)17(24)20-18-15(16(19)23)13-8-9-22(3)10-14(13)27-18/h4-7H,8-10H2,1-3H3,(H2,19,23)(H,20,24)/p+1. The van der Waals surface area contributed by atoms with E-state index in [0.717, 1.165) is 34.3 Å². The molecule has 28 heavy (non-hydrogen) atoms. The van der Waals surface area contributed by atoms with Crippen LogP contribution >= 0.6 is 11.3 Å². The van der Waals surface area contributed by atoms with Crippen molar-refractivity contribution >= 4 is 38.2 Å². The van der Waals surface area contributed by atoms with Crippen LogP contribution < -0.4 is 16.0 Å². The number of nitrogens with one attached hydrogen (secondary N) is 2. The van der Waals surface area contributed by atoms with E-state index in [0.29, 0.717) is 16.1 Å². The molecule has 2 heterocycles. The molecule has 1 aromatic carbocycles. The average Bonchev–Trinajstić information content (AvgIpc) is 2.98. The van der Waals surface area contributed by atoms with Gasteiger partial charge in [-0.05, 0) is 29.8 Å². The molecule has 10 heteroatoms. The Kier molecular flexibility index (Phi) is 5.57. The number of carbonyl (C=O) groups excluding carboxylic acids is 2. The highest BCUT2D eigenvalue weighted by molar-refractivity contribution is 7.89. The van der Waals surface area contributed by atoms with Crippen molar-refractivity contribution in [2.75, 3.05) is 33.0 Å². The maximum atomic E-state index is 12.6. The number of quaternary nitrogens is 1. The number of hydrogen-bond acceptors (Lipinski definition) is 5. The molecule has 0 fully saturated rings. The summed E-state index contributed by atoms with van der Waals surface area (Å²) in [6.07, 6.45) is 0.739. The molecular formula is C18H23N4O4S2+. The second kappa shape index (κ2) is 7.63. The molecule has 0 saturated heterocycles. The van der Waals surface area contributed by atoms with E-state index in [2.05, 4.69) is 12.4 Å². The third-order valence-corrected chi connectivity index (χ3v) is 7.70. The van der Waals surface area contributed by atoms with Gasteiger partial charge in [0.15, 0.2) is 0 Å². The Morgan fingerprint density at radius 3 is 2.43 bits per heavy atom. The smallest absolute Gasteiger partial charge is 0.256 e. The van der Waals surface area contributed by atoms with Crippen LogP contribution in [0.15, 0.2) is 29.2 Å². The van der Waals surface area contributed by atoms with Crippen molar-refractivity contribution in [1.29, 1.82) is 0 Å². The second-order valence-electron chi connectivity index (χ2n) is 6.97. The molecule has 8 nitrogen and oxygen atoms in total. The molecule has 2 amide bonds. The normalized spacial score (nSPS) is 16.6. The van der Waals surface area contributed by atoms with E-state index in [1.165, 1.54) is 54.6 Å². The quantitative estimate of drug-likeness (QED) is 0.624. The number of primary amides is 1. The second-order valence-corrected chi connectivity index (χ2v) is 10.2. The summed E-state index contributed by atoms with van der Waals surface area (Å²) in [5.74, 6) is -0.977. The van der Waals surface area contributed by atoms with Crippen molar-refractivity contribution in [3.05, 3.63) is 45.8 Å². The molecule has 1 aliphatic heterocycles. The van der Waals surface area contributed by atoms with Crippen molar-refractivity contribution in [1.82, 2.24) is 4.31 Å². The Morgan fingerprint density at radius 2 is 1.86 bits per heavy atom. The lowest BCUT2D eigenvalue weighted by atomic mass is 10.0. The van der Waals surface area contributed by atoms with Crippen molar-refractivity contribution in [3.63, 3.8) is 0 Å². The van der Waals surface area contributed by atoms with Crippen molar-refractivity contribution in [2.24, 2.45) is 5.73 Å². The summed E-state index contributed by atoms with van der Waals surface area (Å²) in [5.41, 5.74) is 7.16. The number of benzene rings is 1. The highest BCUT2D eigenvalue weighted by Crippen LogP contribution is 2.34. The fraction of sp³-hybridized carbons (Fsp3) is 0.333. The summed E-state index contributed by atoms with van der Waals surface area (Å²) in [6, 6.07) is 5.66. The number of anilines is 1. The fourth-order valence-electron chi connectivity index (χ4n) is 3.13. The summed E-state index contributed by atoms with van der Waals surface area (Å²) >= 11 is 1.37.